The third-order valence-corrected chi connectivity index (χ3v) is 4.71. The largest absolute Gasteiger partial charge is 0.457 e. The molecule has 0 N–H and O–H groups in total. The lowest BCUT2D eigenvalue weighted by Gasteiger charge is -2.05. The first kappa shape index (κ1) is 14.1. The SMILES string of the molecule is O=Cc1ccc(CS(=O)(=O)c2cc(Cl)ccc2Cl)o1. The van der Waals surface area contributed by atoms with Gasteiger partial charge in [0.05, 0.1) is 9.92 Å². The average molecular weight is 319 g/mol. The lowest BCUT2D eigenvalue weighted by Crippen LogP contribution is -2.05. The molecule has 7 heteroatoms. The molecule has 0 aliphatic heterocycles. The van der Waals surface area contributed by atoms with Crippen molar-refractivity contribution in [1.29, 1.82) is 0 Å². The Morgan fingerprint density at radius 1 is 1.16 bits per heavy atom. The van der Waals surface area contributed by atoms with Gasteiger partial charge in [0.2, 0.25) is 0 Å². The number of furan rings is 1. The second kappa shape index (κ2) is 5.36. The first-order chi connectivity index (χ1) is 8.92. The first-order valence-electron chi connectivity index (χ1n) is 5.14. The van der Waals surface area contributed by atoms with E-state index in [1.165, 1.54) is 30.3 Å². The Bertz CT molecular complexity index is 719. The molecule has 1 heterocycles. The summed E-state index contributed by atoms with van der Waals surface area (Å²) in [6, 6.07) is 7.02. The van der Waals surface area contributed by atoms with Gasteiger partial charge in [0, 0.05) is 5.02 Å². The van der Waals surface area contributed by atoms with Crippen molar-refractivity contribution >= 4 is 39.3 Å². The Labute approximate surface area is 119 Å². The van der Waals surface area contributed by atoms with Crippen molar-refractivity contribution < 1.29 is 17.6 Å². The molecule has 1 aromatic heterocycles. The molecule has 4 nitrogen and oxygen atoms in total. The van der Waals surface area contributed by atoms with E-state index >= 15 is 0 Å². The summed E-state index contributed by atoms with van der Waals surface area (Å²) >= 11 is 11.6. The summed E-state index contributed by atoms with van der Waals surface area (Å²) in [7, 11) is -3.69. The van der Waals surface area contributed by atoms with E-state index in [0.717, 1.165) is 0 Å². The minimum atomic E-state index is -3.69. The number of carbonyl (C=O) groups is 1. The number of sulfone groups is 1. The number of halogens is 2. The van der Waals surface area contributed by atoms with E-state index < -0.39 is 9.84 Å². The number of benzene rings is 1. The van der Waals surface area contributed by atoms with Gasteiger partial charge in [0.15, 0.2) is 21.9 Å². The van der Waals surface area contributed by atoms with Gasteiger partial charge in [0.25, 0.3) is 0 Å². The van der Waals surface area contributed by atoms with E-state index in [0.29, 0.717) is 6.29 Å². The fourth-order valence-electron chi connectivity index (χ4n) is 1.52. The molecule has 0 aliphatic rings. The number of hydrogen-bond donors (Lipinski definition) is 0. The van der Waals surface area contributed by atoms with Gasteiger partial charge in [-0.15, -0.1) is 0 Å². The predicted molar refractivity (Wildman–Crippen MR) is 71.4 cm³/mol. The highest BCUT2D eigenvalue weighted by atomic mass is 35.5. The van der Waals surface area contributed by atoms with Gasteiger partial charge < -0.3 is 4.42 Å². The fraction of sp³-hybridized carbons (Fsp3) is 0.0833. The molecule has 0 amide bonds. The molecule has 0 aliphatic carbocycles. The van der Waals surface area contributed by atoms with Gasteiger partial charge in [-0.05, 0) is 30.3 Å². The third-order valence-electron chi connectivity index (χ3n) is 2.36. The Morgan fingerprint density at radius 2 is 1.89 bits per heavy atom. The average Bonchev–Trinajstić information content (AvgIpc) is 2.79. The van der Waals surface area contributed by atoms with Crippen molar-refractivity contribution in [3.63, 3.8) is 0 Å². The van der Waals surface area contributed by atoms with E-state index in [2.05, 4.69) is 0 Å². The van der Waals surface area contributed by atoms with Gasteiger partial charge in [-0.3, -0.25) is 4.79 Å². The zero-order chi connectivity index (χ0) is 14.0. The Morgan fingerprint density at radius 3 is 2.53 bits per heavy atom. The van der Waals surface area contributed by atoms with Crippen LogP contribution in [0.4, 0.5) is 0 Å². The monoisotopic (exact) mass is 318 g/mol. The fourth-order valence-corrected chi connectivity index (χ4v) is 3.58. The molecule has 1 aromatic carbocycles. The molecule has 0 saturated heterocycles. The van der Waals surface area contributed by atoms with Crippen LogP contribution in [0.5, 0.6) is 0 Å². The standard InChI is InChI=1S/C12H8Cl2O4S/c13-8-1-4-11(14)12(5-8)19(16,17)7-10-3-2-9(6-15)18-10/h1-6H,7H2. The van der Waals surface area contributed by atoms with Crippen LogP contribution in [0.15, 0.2) is 39.6 Å². The van der Waals surface area contributed by atoms with Crippen LogP contribution in [0.1, 0.15) is 16.3 Å². The molecule has 0 spiro atoms. The number of aldehydes is 1. The molecule has 0 atom stereocenters. The highest BCUT2D eigenvalue weighted by Crippen LogP contribution is 2.28. The van der Waals surface area contributed by atoms with Crippen LogP contribution < -0.4 is 0 Å². The Balaban J connectivity index is 2.37. The van der Waals surface area contributed by atoms with E-state index in [4.69, 9.17) is 27.6 Å². The van der Waals surface area contributed by atoms with Crippen LogP contribution in [0.25, 0.3) is 0 Å². The van der Waals surface area contributed by atoms with Gasteiger partial charge in [-0.25, -0.2) is 8.42 Å². The van der Waals surface area contributed by atoms with Crippen molar-refractivity contribution in [3.05, 3.63) is 51.9 Å². The molecular formula is C12H8Cl2O4S. The van der Waals surface area contributed by atoms with Crippen molar-refractivity contribution in [1.82, 2.24) is 0 Å². The van der Waals surface area contributed by atoms with Crippen LogP contribution in [-0.2, 0) is 15.6 Å². The van der Waals surface area contributed by atoms with E-state index in [1.54, 1.807) is 0 Å². The molecule has 0 bridgehead atoms. The maximum atomic E-state index is 12.2. The lowest BCUT2D eigenvalue weighted by molar-refractivity contribution is 0.109. The highest BCUT2D eigenvalue weighted by Gasteiger charge is 2.21. The van der Waals surface area contributed by atoms with Crippen LogP contribution in [-0.4, -0.2) is 14.7 Å². The first-order valence-corrected chi connectivity index (χ1v) is 7.55. The smallest absolute Gasteiger partial charge is 0.187 e. The predicted octanol–water partition coefficient (Wildman–Crippen LogP) is 3.37. The Kier molecular flexibility index (Phi) is 3.99. The van der Waals surface area contributed by atoms with Crippen molar-refractivity contribution in [2.45, 2.75) is 10.6 Å². The molecule has 0 saturated carbocycles. The van der Waals surface area contributed by atoms with Crippen LogP contribution in [0.2, 0.25) is 10.0 Å². The topological polar surface area (TPSA) is 64.3 Å². The highest BCUT2D eigenvalue weighted by molar-refractivity contribution is 7.90. The molecule has 2 rings (SSSR count). The summed E-state index contributed by atoms with van der Waals surface area (Å²) in [6.07, 6.45) is 0.502. The maximum Gasteiger partial charge on any atom is 0.187 e. The van der Waals surface area contributed by atoms with Gasteiger partial charge >= 0.3 is 0 Å². The summed E-state index contributed by atoms with van der Waals surface area (Å²) < 4.78 is 29.4. The van der Waals surface area contributed by atoms with E-state index in [9.17, 15) is 13.2 Å². The number of carbonyl (C=O) groups excluding carboxylic acids is 1. The van der Waals surface area contributed by atoms with Crippen molar-refractivity contribution in [2.24, 2.45) is 0 Å². The lowest BCUT2D eigenvalue weighted by atomic mass is 10.4. The summed E-state index contributed by atoms with van der Waals surface area (Å²) in [6.45, 7) is 0. The van der Waals surface area contributed by atoms with Crippen LogP contribution in [0.3, 0.4) is 0 Å². The van der Waals surface area contributed by atoms with Gasteiger partial charge in [-0.1, -0.05) is 23.2 Å². The van der Waals surface area contributed by atoms with Crippen molar-refractivity contribution in [3.8, 4) is 0 Å². The van der Waals surface area contributed by atoms with Crippen LogP contribution in [0, 0.1) is 0 Å². The quantitative estimate of drug-likeness (QED) is 0.811. The van der Waals surface area contributed by atoms with E-state index in [1.807, 2.05) is 0 Å². The zero-order valence-electron chi connectivity index (χ0n) is 9.47. The molecule has 0 radical (unpaired) electrons. The molecule has 19 heavy (non-hydrogen) atoms. The van der Waals surface area contributed by atoms with E-state index in [-0.39, 0.29) is 32.2 Å². The minimum Gasteiger partial charge on any atom is -0.457 e. The number of hydrogen-bond acceptors (Lipinski definition) is 4. The normalized spacial score (nSPS) is 11.5. The second-order valence-corrected chi connectivity index (χ2v) is 6.56. The van der Waals surface area contributed by atoms with Gasteiger partial charge in [0.1, 0.15) is 11.5 Å². The molecular weight excluding hydrogens is 311 g/mol. The minimum absolute atomic E-state index is 0.0641. The zero-order valence-corrected chi connectivity index (χ0v) is 11.8. The summed E-state index contributed by atoms with van der Waals surface area (Å²) in [5.74, 6) is -0.151. The molecule has 0 unspecified atom stereocenters. The maximum absolute atomic E-state index is 12.2. The van der Waals surface area contributed by atoms with Gasteiger partial charge in [-0.2, -0.15) is 0 Å². The molecule has 0 fully saturated rings. The molecule has 2 aromatic rings. The number of rotatable bonds is 4. The second-order valence-electron chi connectivity index (χ2n) is 3.76. The summed E-state index contributed by atoms with van der Waals surface area (Å²) in [4.78, 5) is 10.4. The summed E-state index contributed by atoms with van der Waals surface area (Å²) in [5.41, 5.74) is 0. The Hall–Kier alpha value is -1.30. The molecule has 100 valence electrons. The van der Waals surface area contributed by atoms with Crippen LogP contribution >= 0.6 is 23.2 Å². The third kappa shape index (κ3) is 3.18. The van der Waals surface area contributed by atoms with Crippen molar-refractivity contribution in [2.75, 3.05) is 0 Å². The summed E-state index contributed by atoms with van der Waals surface area (Å²) in [5, 5.41) is 0.363.